The minimum atomic E-state index is 0.566. The second kappa shape index (κ2) is 4.80. The van der Waals surface area contributed by atoms with Gasteiger partial charge in [-0.05, 0) is 30.5 Å². The molecule has 1 fully saturated rings. The summed E-state index contributed by atoms with van der Waals surface area (Å²) in [4.78, 5) is 4.61. The van der Waals surface area contributed by atoms with Crippen LogP contribution in [0.2, 0.25) is 0 Å². The molecular weight excluding hydrogens is 224 g/mol. The molecule has 4 nitrogen and oxygen atoms in total. The van der Waals surface area contributed by atoms with E-state index in [4.69, 9.17) is 5.73 Å². The zero-order valence-electron chi connectivity index (χ0n) is 10.4. The Morgan fingerprint density at radius 3 is 2.89 bits per heavy atom. The van der Waals surface area contributed by atoms with Crippen molar-refractivity contribution in [1.82, 2.24) is 15.2 Å². The summed E-state index contributed by atoms with van der Waals surface area (Å²) in [5, 5.41) is 7.40. The van der Waals surface area contributed by atoms with Crippen LogP contribution in [0.25, 0.3) is 0 Å². The van der Waals surface area contributed by atoms with Gasteiger partial charge in [-0.25, -0.2) is 4.98 Å². The van der Waals surface area contributed by atoms with E-state index in [9.17, 15) is 0 Å². The minimum absolute atomic E-state index is 0.566. The molecule has 2 aromatic rings. The second-order valence-electron chi connectivity index (χ2n) is 5.04. The maximum Gasteiger partial charge on any atom is 0.153 e. The van der Waals surface area contributed by atoms with Gasteiger partial charge in [0.2, 0.25) is 0 Å². The molecule has 0 spiro atoms. The van der Waals surface area contributed by atoms with Crippen molar-refractivity contribution in [3.8, 4) is 0 Å². The van der Waals surface area contributed by atoms with Crippen molar-refractivity contribution < 1.29 is 0 Å². The van der Waals surface area contributed by atoms with Crippen molar-refractivity contribution in [2.45, 2.75) is 38.0 Å². The summed E-state index contributed by atoms with van der Waals surface area (Å²) in [7, 11) is 0. The predicted octanol–water partition coefficient (Wildman–Crippen LogP) is 2.64. The fourth-order valence-electron chi connectivity index (χ4n) is 2.65. The summed E-state index contributed by atoms with van der Waals surface area (Å²) < 4.78 is 0. The number of H-pyrrole nitrogens is 1. The van der Waals surface area contributed by atoms with E-state index >= 15 is 0 Å². The molecule has 0 amide bonds. The summed E-state index contributed by atoms with van der Waals surface area (Å²) in [5.41, 5.74) is 7.74. The number of anilines is 1. The van der Waals surface area contributed by atoms with Gasteiger partial charge in [0.05, 0.1) is 0 Å². The van der Waals surface area contributed by atoms with Crippen LogP contribution < -0.4 is 5.73 Å². The highest BCUT2D eigenvalue weighted by molar-refractivity contribution is 5.41. The van der Waals surface area contributed by atoms with Gasteiger partial charge in [-0.3, -0.25) is 5.10 Å². The zero-order chi connectivity index (χ0) is 12.4. The van der Waals surface area contributed by atoms with Gasteiger partial charge in [0.25, 0.3) is 0 Å². The molecule has 0 aliphatic heterocycles. The first-order valence-corrected chi connectivity index (χ1v) is 6.57. The van der Waals surface area contributed by atoms with Crippen LogP contribution in [0, 0.1) is 0 Å². The molecule has 1 heterocycles. The number of nitrogens with one attached hydrogen (secondary N) is 1. The van der Waals surface area contributed by atoms with Crippen molar-refractivity contribution in [2.24, 2.45) is 0 Å². The Bertz CT molecular complexity index is 526. The molecule has 1 aromatic heterocycles. The lowest BCUT2D eigenvalue weighted by Crippen LogP contribution is -1.96. The maximum absolute atomic E-state index is 5.77. The summed E-state index contributed by atoms with van der Waals surface area (Å²) in [6.45, 7) is 0. The number of rotatable bonds is 3. The van der Waals surface area contributed by atoms with Gasteiger partial charge in [0, 0.05) is 18.0 Å². The Labute approximate surface area is 107 Å². The van der Waals surface area contributed by atoms with Gasteiger partial charge in [0.1, 0.15) is 5.82 Å². The number of aromatic amines is 1. The van der Waals surface area contributed by atoms with Crippen LogP contribution in [0.4, 0.5) is 5.69 Å². The first-order chi connectivity index (χ1) is 8.81. The number of aromatic nitrogens is 3. The highest BCUT2D eigenvalue weighted by Crippen LogP contribution is 2.31. The first kappa shape index (κ1) is 11.3. The van der Waals surface area contributed by atoms with Gasteiger partial charge < -0.3 is 5.73 Å². The molecular formula is C14H18N4. The van der Waals surface area contributed by atoms with Gasteiger partial charge in [0.15, 0.2) is 5.82 Å². The monoisotopic (exact) mass is 242 g/mol. The number of nitrogen functional groups attached to an aromatic ring is 1. The van der Waals surface area contributed by atoms with Gasteiger partial charge >= 0.3 is 0 Å². The molecule has 18 heavy (non-hydrogen) atoms. The first-order valence-electron chi connectivity index (χ1n) is 6.57. The Hall–Kier alpha value is -1.84. The summed E-state index contributed by atoms with van der Waals surface area (Å²) >= 11 is 0. The zero-order valence-corrected chi connectivity index (χ0v) is 10.4. The lowest BCUT2D eigenvalue weighted by Gasteiger charge is -2.01. The highest BCUT2D eigenvalue weighted by atomic mass is 15.2. The highest BCUT2D eigenvalue weighted by Gasteiger charge is 2.21. The lowest BCUT2D eigenvalue weighted by molar-refractivity contribution is 0.671. The molecule has 1 aromatic carbocycles. The normalized spacial score (nSPS) is 16.2. The third-order valence-electron chi connectivity index (χ3n) is 3.59. The molecule has 0 unspecified atom stereocenters. The van der Waals surface area contributed by atoms with Crippen molar-refractivity contribution in [1.29, 1.82) is 0 Å². The van der Waals surface area contributed by atoms with Crippen molar-refractivity contribution in [3.63, 3.8) is 0 Å². The van der Waals surface area contributed by atoms with E-state index in [1.54, 1.807) is 0 Å². The quantitative estimate of drug-likeness (QED) is 0.813. The number of nitrogens with two attached hydrogens (primary N) is 1. The topological polar surface area (TPSA) is 67.6 Å². The molecule has 1 saturated carbocycles. The molecule has 3 N–H and O–H groups in total. The number of benzene rings is 1. The Morgan fingerprint density at radius 2 is 2.11 bits per heavy atom. The Kier molecular flexibility index (Phi) is 3.00. The van der Waals surface area contributed by atoms with E-state index in [2.05, 4.69) is 21.2 Å². The Balaban J connectivity index is 1.73. The van der Waals surface area contributed by atoms with Crippen LogP contribution in [-0.4, -0.2) is 15.2 Å². The number of hydrogen-bond donors (Lipinski definition) is 2. The predicted molar refractivity (Wildman–Crippen MR) is 71.3 cm³/mol. The fourth-order valence-corrected chi connectivity index (χ4v) is 2.65. The molecule has 0 atom stereocenters. The van der Waals surface area contributed by atoms with E-state index < -0.39 is 0 Å². The van der Waals surface area contributed by atoms with Crippen molar-refractivity contribution >= 4 is 5.69 Å². The summed E-state index contributed by atoms with van der Waals surface area (Å²) in [6.07, 6.45) is 5.85. The van der Waals surface area contributed by atoms with E-state index in [0.29, 0.717) is 5.92 Å². The molecule has 4 heteroatoms. The molecule has 1 aliphatic rings. The van der Waals surface area contributed by atoms with E-state index in [1.807, 2.05) is 18.2 Å². The minimum Gasteiger partial charge on any atom is -0.399 e. The Morgan fingerprint density at radius 1 is 1.28 bits per heavy atom. The van der Waals surface area contributed by atoms with E-state index in [0.717, 1.165) is 23.8 Å². The smallest absolute Gasteiger partial charge is 0.153 e. The van der Waals surface area contributed by atoms with Gasteiger partial charge in [-0.2, -0.15) is 5.10 Å². The molecule has 3 rings (SSSR count). The largest absolute Gasteiger partial charge is 0.399 e. The third-order valence-corrected chi connectivity index (χ3v) is 3.59. The van der Waals surface area contributed by atoms with E-state index in [-0.39, 0.29) is 0 Å². The maximum atomic E-state index is 5.77. The van der Waals surface area contributed by atoms with Gasteiger partial charge in [-0.1, -0.05) is 25.0 Å². The van der Waals surface area contributed by atoms with E-state index in [1.165, 1.54) is 31.2 Å². The SMILES string of the molecule is Nc1cccc(Cc2nc(C3CCCC3)n[nH]2)c1. The average Bonchev–Trinajstić information content (AvgIpc) is 2.98. The summed E-state index contributed by atoms with van der Waals surface area (Å²) in [5.74, 6) is 2.49. The van der Waals surface area contributed by atoms with Crippen LogP contribution in [-0.2, 0) is 6.42 Å². The van der Waals surface area contributed by atoms with Crippen LogP contribution in [0.1, 0.15) is 48.8 Å². The molecule has 0 bridgehead atoms. The standard InChI is InChI=1S/C14H18N4/c15-12-7-3-4-10(8-12)9-13-16-14(18-17-13)11-5-1-2-6-11/h3-4,7-8,11H,1-2,5-6,9,15H2,(H,16,17,18). The van der Waals surface area contributed by atoms with Crippen LogP contribution in [0.15, 0.2) is 24.3 Å². The van der Waals surface area contributed by atoms with Crippen LogP contribution >= 0.6 is 0 Å². The molecule has 0 saturated heterocycles. The molecule has 1 aliphatic carbocycles. The molecule has 94 valence electrons. The van der Waals surface area contributed by atoms with Gasteiger partial charge in [-0.15, -0.1) is 0 Å². The lowest BCUT2D eigenvalue weighted by atomic mass is 10.1. The second-order valence-corrected chi connectivity index (χ2v) is 5.04. The average molecular weight is 242 g/mol. The summed E-state index contributed by atoms with van der Waals surface area (Å²) in [6, 6.07) is 7.92. The number of nitrogens with zero attached hydrogens (tertiary/aromatic N) is 2. The molecule has 0 radical (unpaired) electrons. The third kappa shape index (κ3) is 2.37. The number of hydrogen-bond acceptors (Lipinski definition) is 3. The van der Waals surface area contributed by atoms with Crippen molar-refractivity contribution in [3.05, 3.63) is 41.5 Å². The van der Waals surface area contributed by atoms with Crippen molar-refractivity contribution in [2.75, 3.05) is 5.73 Å². The fraction of sp³-hybridized carbons (Fsp3) is 0.429. The van der Waals surface area contributed by atoms with Crippen LogP contribution in [0.3, 0.4) is 0 Å². The van der Waals surface area contributed by atoms with Crippen LogP contribution in [0.5, 0.6) is 0 Å².